The number of hydrogen-bond donors (Lipinski definition) is 1. The lowest BCUT2D eigenvalue weighted by Gasteiger charge is -2.47. The molecular weight excluding hydrogens is 691 g/mol. The number of ether oxygens (including phenoxy) is 3. The highest BCUT2D eigenvalue weighted by molar-refractivity contribution is 6.77. The van der Waals surface area contributed by atoms with Crippen molar-refractivity contribution in [1.29, 1.82) is 0 Å². The van der Waals surface area contributed by atoms with Gasteiger partial charge >= 0.3 is 18.0 Å². The Morgan fingerprint density at radius 2 is 1.37 bits per heavy atom. The Kier molecular flexibility index (Phi) is 19.6. The molecule has 1 aromatic rings. The van der Waals surface area contributed by atoms with Gasteiger partial charge in [-0.15, -0.1) is 0 Å². The highest BCUT2D eigenvalue weighted by Crippen LogP contribution is 2.45. The number of allylic oxidation sites excluding steroid dienone is 1. The summed E-state index contributed by atoms with van der Waals surface area (Å²) in [6.45, 7) is 33.4. The molecule has 9 nitrogen and oxygen atoms in total. The summed E-state index contributed by atoms with van der Waals surface area (Å²) in [5, 5.41) is 2.62. The Labute approximate surface area is 318 Å². The van der Waals surface area contributed by atoms with Gasteiger partial charge in [0.25, 0.3) is 0 Å². The van der Waals surface area contributed by atoms with Crippen LogP contribution in [0.4, 0.5) is 4.79 Å². The number of carbonyl (C=O) groups is 3. The van der Waals surface area contributed by atoms with Crippen molar-refractivity contribution >= 4 is 34.7 Å². The minimum absolute atomic E-state index is 0.0402. The van der Waals surface area contributed by atoms with E-state index in [2.05, 4.69) is 87.6 Å². The number of amides is 1. The van der Waals surface area contributed by atoms with Crippen LogP contribution >= 0.6 is 0 Å². The van der Waals surface area contributed by atoms with Crippen molar-refractivity contribution in [2.75, 3.05) is 6.61 Å². The van der Waals surface area contributed by atoms with Gasteiger partial charge < -0.3 is 28.4 Å². The molecule has 1 aromatic carbocycles. The zero-order valence-corrected chi connectivity index (χ0v) is 37.4. The van der Waals surface area contributed by atoms with Gasteiger partial charge in [0.05, 0.1) is 18.1 Å². The fraction of sp³-hybridized carbons (Fsp3) is 0.732. The number of hydrogen-bond acceptors (Lipinski definition) is 8. The van der Waals surface area contributed by atoms with E-state index in [1.807, 2.05) is 50.3 Å². The summed E-state index contributed by atoms with van der Waals surface area (Å²) in [5.74, 6) is -1.71. The second-order valence-electron chi connectivity index (χ2n) is 17.0. The predicted octanol–water partition coefficient (Wildman–Crippen LogP) is 10.5. The zero-order chi connectivity index (χ0) is 40.0. The van der Waals surface area contributed by atoms with Crippen LogP contribution in [0, 0.1) is 5.92 Å². The van der Waals surface area contributed by atoms with E-state index >= 15 is 0 Å². The molecular formula is C41H73NO8Si2. The van der Waals surface area contributed by atoms with Gasteiger partial charge in [-0.3, -0.25) is 4.79 Å². The lowest BCUT2D eigenvalue weighted by atomic mass is 9.93. The third-order valence-electron chi connectivity index (χ3n) is 10.6. The molecule has 0 saturated carbocycles. The van der Waals surface area contributed by atoms with Crippen molar-refractivity contribution in [3.63, 3.8) is 0 Å². The molecule has 0 unspecified atom stereocenters. The van der Waals surface area contributed by atoms with Crippen LogP contribution in [0.1, 0.15) is 122 Å². The maximum atomic E-state index is 14.3. The predicted molar refractivity (Wildman–Crippen MR) is 216 cm³/mol. The second-order valence-corrected chi connectivity index (χ2v) is 27.1. The Hall–Kier alpha value is -2.48. The molecule has 11 heteroatoms. The molecule has 0 bridgehead atoms. The molecule has 0 saturated heterocycles. The topological polar surface area (TPSA) is 109 Å². The first-order valence-corrected chi connectivity index (χ1v) is 24.4. The highest BCUT2D eigenvalue weighted by Gasteiger charge is 2.51. The minimum Gasteiger partial charge on any atom is -0.461 e. The number of carbonyl (C=O) groups excluding carboxylic acids is 3. The van der Waals surface area contributed by atoms with E-state index in [1.165, 1.54) is 0 Å². The molecule has 0 fully saturated rings. The van der Waals surface area contributed by atoms with Gasteiger partial charge in [0, 0.05) is 0 Å². The smallest absolute Gasteiger partial charge is 0.408 e. The van der Waals surface area contributed by atoms with Crippen molar-refractivity contribution in [2.24, 2.45) is 5.92 Å². The van der Waals surface area contributed by atoms with Crippen molar-refractivity contribution < 1.29 is 37.4 Å². The van der Waals surface area contributed by atoms with Crippen LogP contribution in [0.3, 0.4) is 0 Å². The summed E-state index contributed by atoms with van der Waals surface area (Å²) >= 11 is 0. The van der Waals surface area contributed by atoms with E-state index in [-0.39, 0.29) is 40.8 Å². The van der Waals surface area contributed by atoms with Crippen LogP contribution in [0.25, 0.3) is 0 Å². The zero-order valence-electron chi connectivity index (χ0n) is 35.4. The van der Waals surface area contributed by atoms with E-state index in [9.17, 15) is 14.4 Å². The number of rotatable bonds is 21. The maximum Gasteiger partial charge on any atom is 0.408 e. The lowest BCUT2D eigenvalue weighted by Crippen LogP contribution is -2.57. The minimum atomic E-state index is -2.59. The molecule has 0 aliphatic heterocycles. The number of nitrogens with one attached hydrogen (secondary N) is 1. The SMILES string of the molecule is CCCC[C@H](C(=O)OCC=C(C)C)[C@H](O[Si](C(C)C)(C(C)C)C(C)C)[C@@H](C)OC(=O)[C@H](NC(=O)OCc1ccccc1)[C@H](C)O[Si](C)(C)C(C)(C)C. The number of benzene rings is 1. The molecule has 0 radical (unpaired) electrons. The maximum absolute atomic E-state index is 14.3. The molecule has 1 rings (SSSR count). The van der Waals surface area contributed by atoms with Crippen LogP contribution in [0.5, 0.6) is 0 Å². The van der Waals surface area contributed by atoms with Gasteiger partial charge in [0.15, 0.2) is 14.4 Å². The summed E-state index contributed by atoms with van der Waals surface area (Å²) in [6.07, 6.45) is 0.940. The third kappa shape index (κ3) is 14.1. The normalized spacial score (nSPS) is 15.4. The number of unbranched alkanes of at least 4 members (excludes halogenated alkanes) is 1. The first-order chi connectivity index (χ1) is 24.0. The molecule has 1 amide bonds. The van der Waals surface area contributed by atoms with E-state index in [0.29, 0.717) is 6.42 Å². The van der Waals surface area contributed by atoms with Gasteiger partial charge in [0.1, 0.15) is 19.3 Å². The van der Waals surface area contributed by atoms with Gasteiger partial charge in [-0.2, -0.15) is 0 Å². The molecule has 298 valence electrons. The second kappa shape index (κ2) is 21.4. The number of esters is 2. The average Bonchev–Trinajstić information content (AvgIpc) is 3.02. The van der Waals surface area contributed by atoms with Gasteiger partial charge in [-0.25, -0.2) is 9.59 Å². The van der Waals surface area contributed by atoms with E-state index in [4.69, 9.17) is 23.1 Å². The molecule has 0 heterocycles. The average molecular weight is 764 g/mol. The van der Waals surface area contributed by atoms with Crippen molar-refractivity contribution in [1.82, 2.24) is 5.32 Å². The fourth-order valence-electron chi connectivity index (χ4n) is 6.68. The van der Waals surface area contributed by atoms with Crippen LogP contribution in [-0.4, -0.2) is 65.6 Å². The Bertz CT molecular complexity index is 1250. The lowest BCUT2D eigenvalue weighted by molar-refractivity contribution is -0.167. The summed E-state index contributed by atoms with van der Waals surface area (Å²) in [7, 11) is -4.98. The summed E-state index contributed by atoms with van der Waals surface area (Å²) in [6, 6.07) is 8.16. The monoisotopic (exact) mass is 763 g/mol. The molecule has 52 heavy (non-hydrogen) atoms. The standard InChI is InChI=1S/C41H73NO8Si2/c1-17-18-24-35(38(43)46-26-25-28(2)3)37(50-52(29(4)5,30(6)7)31(8)9)33(11)48-39(44)36(32(10)49-51(15,16)41(12,13)14)42-40(45)47-27-34-22-20-19-21-23-34/h19-23,25,29-33,35-37H,17-18,24,26-27H2,1-16H3,(H,42,45)/t32-,33+,35-,36+,37+/m0/s1. The van der Waals surface area contributed by atoms with E-state index in [1.54, 1.807) is 13.8 Å². The fourth-order valence-corrected chi connectivity index (χ4v) is 13.7. The molecule has 0 aromatic heterocycles. The quantitative estimate of drug-likeness (QED) is 0.0570. The van der Waals surface area contributed by atoms with Gasteiger partial charge in [-0.05, 0) is 80.5 Å². The van der Waals surface area contributed by atoms with Crippen molar-refractivity contribution in [2.45, 2.75) is 182 Å². The molecule has 1 N–H and O–H groups in total. The van der Waals surface area contributed by atoms with Crippen molar-refractivity contribution in [3.8, 4) is 0 Å². The third-order valence-corrected chi connectivity index (χ3v) is 21.3. The molecule has 0 aliphatic rings. The summed E-state index contributed by atoms with van der Waals surface area (Å²) in [5.41, 5.74) is 2.53. The molecule has 5 atom stereocenters. The molecule has 0 spiro atoms. The summed E-state index contributed by atoms with van der Waals surface area (Å²) in [4.78, 5) is 41.5. The highest BCUT2D eigenvalue weighted by atomic mass is 28.4. The van der Waals surface area contributed by atoms with Crippen LogP contribution in [0.15, 0.2) is 42.0 Å². The van der Waals surface area contributed by atoms with Gasteiger partial charge in [0.2, 0.25) is 8.32 Å². The van der Waals surface area contributed by atoms with Gasteiger partial charge in [-0.1, -0.05) is 118 Å². The Morgan fingerprint density at radius 1 is 0.808 bits per heavy atom. The first-order valence-electron chi connectivity index (χ1n) is 19.3. The Balaban J connectivity index is 3.66. The first kappa shape index (κ1) is 47.5. The van der Waals surface area contributed by atoms with E-state index in [0.717, 1.165) is 24.0 Å². The van der Waals surface area contributed by atoms with E-state index < -0.39 is 59.0 Å². The number of alkyl carbamates (subject to hydrolysis) is 1. The largest absolute Gasteiger partial charge is 0.461 e. The van der Waals surface area contributed by atoms with Crippen molar-refractivity contribution in [3.05, 3.63) is 47.5 Å². The molecule has 0 aliphatic carbocycles. The summed E-state index contributed by atoms with van der Waals surface area (Å²) < 4.78 is 31.6. The van der Waals surface area contributed by atoms with Crippen LogP contribution < -0.4 is 5.32 Å². The van der Waals surface area contributed by atoms with Crippen LogP contribution in [-0.2, 0) is 39.3 Å². The Morgan fingerprint density at radius 3 is 1.85 bits per heavy atom. The van der Waals surface area contributed by atoms with Crippen LogP contribution in [0.2, 0.25) is 34.8 Å².